The molecule has 3 aromatic carbocycles. The van der Waals surface area contributed by atoms with Crippen LogP contribution < -0.4 is 20.7 Å². The van der Waals surface area contributed by atoms with Gasteiger partial charge in [-0.1, -0.05) is 216 Å². The van der Waals surface area contributed by atoms with Crippen LogP contribution in [0.5, 0.6) is 17.2 Å². The molecule has 4 aliphatic carbocycles. The van der Waals surface area contributed by atoms with Gasteiger partial charge in [-0.3, -0.25) is 19.2 Å². The molecule has 4 aliphatic rings. The number of carbonyl (C=O) groups is 5. The number of carbonyl (C=O) groups excluding carboxylic acids is 4. The molecule has 0 spiro atoms. The lowest BCUT2D eigenvalue weighted by molar-refractivity contribution is -0.131. The Morgan fingerprint density at radius 1 is 0.369 bits per heavy atom. The second kappa shape index (κ2) is 45.5. The number of allylic oxidation sites excluding steroid dienone is 36. The largest absolute Gasteiger partial charge is 0.508 e. The number of anilines is 3. The van der Waals surface area contributed by atoms with Crippen molar-refractivity contribution in [2.24, 2.45) is 21.7 Å². The number of ketones is 1. The van der Waals surface area contributed by atoms with Gasteiger partial charge in [-0.15, -0.1) is 0 Å². The summed E-state index contributed by atoms with van der Waals surface area (Å²) in [6, 6.07) is 20.0. The first-order chi connectivity index (χ1) is 52.2. The highest BCUT2D eigenvalue weighted by molar-refractivity contribution is 6.01. The number of carboxylic acids is 1. The van der Waals surface area contributed by atoms with E-state index in [-0.39, 0.29) is 56.7 Å². The molecule has 0 aliphatic heterocycles. The van der Waals surface area contributed by atoms with Gasteiger partial charge in [-0.05, 0) is 292 Å². The summed E-state index contributed by atoms with van der Waals surface area (Å²) in [5.41, 5.74) is 21.5. The maximum absolute atomic E-state index is 12.2. The number of Topliss-reactive ketones (excluding diaryl/α,β-unsaturated/α-hetero) is 1. The van der Waals surface area contributed by atoms with Crippen molar-refractivity contribution < 1.29 is 44.0 Å². The smallest absolute Gasteiger partial charge is 0.328 e. The van der Waals surface area contributed by atoms with Gasteiger partial charge in [0.05, 0.1) is 7.11 Å². The van der Waals surface area contributed by atoms with Crippen LogP contribution in [-0.4, -0.2) is 51.9 Å². The van der Waals surface area contributed by atoms with Crippen molar-refractivity contribution >= 4 is 46.5 Å². The summed E-state index contributed by atoms with van der Waals surface area (Å²) in [7, 11) is 1.62. The number of ether oxygens (including phenoxy) is 1. The normalized spacial score (nSPS) is 18.3. The molecule has 0 atom stereocenters. The van der Waals surface area contributed by atoms with Gasteiger partial charge in [-0.2, -0.15) is 0 Å². The molecule has 0 heterocycles. The van der Waals surface area contributed by atoms with Gasteiger partial charge in [0.25, 0.3) is 0 Å². The Kier molecular flexibility index (Phi) is 38.1. The Hall–Kier alpha value is -10.6. The molecule has 0 aromatic heterocycles. The fraction of sp³-hybridized carbons (Fsp3) is 0.364. The fourth-order valence-corrected chi connectivity index (χ4v) is 13.6. The number of carboxylic acid groups (broad SMARTS) is 1. The van der Waals surface area contributed by atoms with Gasteiger partial charge in [0, 0.05) is 47.8 Å². The molecule has 7 rings (SSSR count). The molecule has 0 saturated heterocycles. The number of phenolic OH excluding ortho intramolecular Hbond substituents is 2. The molecular weight excluding hydrogens is 1380 g/mol. The highest BCUT2D eigenvalue weighted by Crippen LogP contribution is 2.44. The summed E-state index contributed by atoms with van der Waals surface area (Å²) in [6.07, 6.45) is 59.3. The minimum atomic E-state index is -0.912. The monoisotopic (exact) mass is 1500 g/mol. The van der Waals surface area contributed by atoms with E-state index in [4.69, 9.17) is 9.84 Å². The number of rotatable bonds is 24. The van der Waals surface area contributed by atoms with Crippen LogP contribution in [0.25, 0.3) is 0 Å². The highest BCUT2D eigenvalue weighted by Gasteiger charge is 2.31. The lowest BCUT2D eigenvalue weighted by atomic mass is 9.72. The molecule has 3 amide bonds. The quantitative estimate of drug-likeness (QED) is 0.0288. The van der Waals surface area contributed by atoms with Gasteiger partial charge in [0.1, 0.15) is 17.2 Å². The van der Waals surface area contributed by atoms with Crippen molar-refractivity contribution in [3.63, 3.8) is 0 Å². The van der Waals surface area contributed by atoms with Crippen LogP contribution in [0.15, 0.2) is 308 Å². The summed E-state index contributed by atoms with van der Waals surface area (Å²) < 4.78 is 5.12. The Labute approximate surface area is 665 Å². The summed E-state index contributed by atoms with van der Waals surface area (Å²) >= 11 is 0. The average molecular weight is 1500 g/mol. The minimum Gasteiger partial charge on any atom is -0.508 e. The minimum absolute atomic E-state index is 0.00873. The molecule has 12 heteroatoms. The van der Waals surface area contributed by atoms with Crippen LogP contribution in [0, 0.1) is 21.7 Å². The number of hydrogen-bond donors (Lipinski definition) is 6. The van der Waals surface area contributed by atoms with Crippen molar-refractivity contribution in [1.82, 2.24) is 0 Å². The molecule has 0 unspecified atom stereocenters. The summed E-state index contributed by atoms with van der Waals surface area (Å²) in [6.45, 7) is 42.7. The average Bonchev–Trinajstić information content (AvgIpc) is 0.831. The van der Waals surface area contributed by atoms with Gasteiger partial charge >= 0.3 is 5.97 Å². The Bertz CT molecular complexity index is 4410. The van der Waals surface area contributed by atoms with Gasteiger partial charge in [-0.25, -0.2) is 4.79 Å². The maximum Gasteiger partial charge on any atom is 0.328 e. The van der Waals surface area contributed by atoms with E-state index in [1.165, 1.54) is 127 Å². The molecule has 12 nitrogen and oxygen atoms in total. The van der Waals surface area contributed by atoms with Crippen molar-refractivity contribution in [3.05, 3.63) is 308 Å². The second-order valence-corrected chi connectivity index (χ2v) is 32.2. The number of amides is 3. The molecule has 111 heavy (non-hydrogen) atoms. The number of nitrogens with one attached hydrogen (secondary N) is 3. The van der Waals surface area contributed by atoms with E-state index in [1.807, 2.05) is 120 Å². The summed E-state index contributed by atoms with van der Waals surface area (Å²) in [5.74, 6) is -0.152. The van der Waals surface area contributed by atoms with Crippen LogP contribution in [0.1, 0.15) is 209 Å². The number of aromatic hydroxyl groups is 2. The standard InChI is InChI=1S/C27H35NO2.C26H31NO3.C26H33NO2.C20H28O2/c1-20(12-17-25-22(3)11-8-18-27(25,4)5)9-7-10-21(2)19-26(29)28-23-13-15-24(30-6)16-14-23;1-18(9-14-23-20(3)24(29)15-16-26(23,4)5)7-6-8-19(2)17-25(30)27-21-10-12-22(28)13-11-21;1-19(11-16-24-21(3)10-7-17-26(24,4)5)8-6-9-20(2)18-25(29)27-22-12-14-23(28)15-13-22;1-15(8-6-9-16(2)14-19(21)22)11-12-18-17(3)10-7-13-20(18,4)5/h7,9-10,12-17,19H,8,11,18H2,1-6H3,(H,28,29);6-14,17,28H,15-16H2,1-5H3,(H,27,30);6,8-9,11-16,18,28H,7,10,17H2,1-5H3,(H,27,29);6,8-9,11-12,14H,7,10,13H2,1-5H3,(H,21,22)/b10-7+,17-12+,20-9+,21-19+;8-6+,14-9+,18-7+,19-17+;9-6+,16-11+,19-8+,20-18+;9-6+,12-11+,15-8+,16-14+. The van der Waals surface area contributed by atoms with Crippen LogP contribution in [-0.2, 0) is 24.0 Å². The molecule has 0 saturated carbocycles. The van der Waals surface area contributed by atoms with Crippen LogP contribution in [0.3, 0.4) is 0 Å². The third-order valence-electron chi connectivity index (χ3n) is 20.1. The lowest BCUT2D eigenvalue weighted by Crippen LogP contribution is -2.24. The third kappa shape index (κ3) is 34.9. The van der Waals surface area contributed by atoms with Crippen LogP contribution in [0.2, 0.25) is 0 Å². The van der Waals surface area contributed by atoms with Crippen molar-refractivity contribution in [3.8, 4) is 17.2 Å². The first kappa shape index (κ1) is 92.8. The van der Waals surface area contributed by atoms with E-state index in [1.54, 1.807) is 68.7 Å². The number of hydrogen-bond acceptors (Lipinski definition) is 8. The first-order valence-electron chi connectivity index (χ1n) is 38.8. The predicted octanol–water partition coefficient (Wildman–Crippen LogP) is 25.7. The highest BCUT2D eigenvalue weighted by atomic mass is 16.5. The van der Waals surface area contributed by atoms with E-state index < -0.39 is 5.97 Å². The van der Waals surface area contributed by atoms with Gasteiger partial charge in [0.2, 0.25) is 17.7 Å². The number of aliphatic carboxylic acids is 1. The zero-order valence-corrected chi connectivity index (χ0v) is 70.4. The molecule has 6 N–H and O–H groups in total. The zero-order chi connectivity index (χ0) is 82.7. The molecule has 0 bridgehead atoms. The summed E-state index contributed by atoms with van der Waals surface area (Å²) in [5, 5.41) is 35.6. The number of benzene rings is 3. The first-order valence-corrected chi connectivity index (χ1v) is 38.8. The molecular formula is C99H127N3O9. The topological polar surface area (TPSA) is 191 Å². The van der Waals surface area contributed by atoms with Crippen molar-refractivity contribution in [2.45, 2.75) is 209 Å². The Balaban J connectivity index is 0.000000314. The molecule has 592 valence electrons. The van der Waals surface area contributed by atoms with Crippen LogP contribution in [0.4, 0.5) is 17.1 Å². The van der Waals surface area contributed by atoms with E-state index in [0.717, 1.165) is 62.4 Å². The van der Waals surface area contributed by atoms with E-state index in [0.29, 0.717) is 17.8 Å². The third-order valence-corrected chi connectivity index (χ3v) is 20.1. The Morgan fingerprint density at radius 3 is 0.919 bits per heavy atom. The lowest BCUT2D eigenvalue weighted by Gasteiger charge is -2.33. The van der Waals surface area contributed by atoms with Gasteiger partial charge < -0.3 is 36.0 Å². The maximum atomic E-state index is 12.2. The van der Waals surface area contributed by atoms with Crippen molar-refractivity contribution in [2.75, 3.05) is 23.1 Å². The zero-order valence-electron chi connectivity index (χ0n) is 70.4. The molecule has 3 aromatic rings. The molecule has 0 radical (unpaired) electrons. The SMILES string of the molecule is CC1=C(/C=C/C(C)=C/C=C/C(C)=C/C(=O)Nc2ccc(O)cc2)C(C)(C)CCC1.CC1=C(/C=C/C(C)=C/C=C/C(C)=C/C(=O)Nc2ccc(O)cc2)C(C)(C)CCC1=O.CC1=C(/C=C/C(C)=C/C=C/C(C)=C/C(=O)O)C(C)(C)CCC1.COc1ccc(NC(=O)/C=C(C)/C=C/C=C(C)/C=C/C2=C(C)CCCC2(C)C)cc1. The number of methoxy groups -OCH3 is 1. The fourth-order valence-electron chi connectivity index (χ4n) is 13.6. The van der Waals surface area contributed by atoms with E-state index in [2.05, 4.69) is 168 Å². The van der Waals surface area contributed by atoms with E-state index in [9.17, 15) is 34.2 Å². The number of phenols is 2. The molecule has 0 fully saturated rings. The van der Waals surface area contributed by atoms with Gasteiger partial charge in [0.15, 0.2) is 5.78 Å². The second-order valence-electron chi connectivity index (χ2n) is 32.2. The van der Waals surface area contributed by atoms with Crippen LogP contribution >= 0.6 is 0 Å². The predicted molar refractivity (Wildman–Crippen MR) is 468 cm³/mol. The summed E-state index contributed by atoms with van der Waals surface area (Å²) in [4.78, 5) is 58.8. The van der Waals surface area contributed by atoms with Crippen molar-refractivity contribution in [1.29, 1.82) is 0 Å². The Morgan fingerprint density at radius 2 is 0.640 bits per heavy atom. The van der Waals surface area contributed by atoms with E-state index >= 15 is 0 Å².